The van der Waals surface area contributed by atoms with Crippen molar-refractivity contribution in [2.75, 3.05) is 18.4 Å². The maximum Gasteiger partial charge on any atom is 0.416 e. The molecule has 0 spiro atoms. The zero-order chi connectivity index (χ0) is 18.9. The van der Waals surface area contributed by atoms with Crippen LogP contribution in [0.1, 0.15) is 41.4 Å². The van der Waals surface area contributed by atoms with Crippen LogP contribution in [0.4, 0.5) is 18.9 Å². The quantitative estimate of drug-likeness (QED) is 0.865. The van der Waals surface area contributed by atoms with Gasteiger partial charge in [-0.05, 0) is 51.4 Å². The van der Waals surface area contributed by atoms with Gasteiger partial charge in [0, 0.05) is 23.0 Å². The largest absolute Gasteiger partial charge is 0.416 e. The first-order valence-electron chi connectivity index (χ1n) is 8.48. The number of rotatable bonds is 4. The molecule has 0 bridgehead atoms. The van der Waals surface area contributed by atoms with Gasteiger partial charge in [0.25, 0.3) is 0 Å². The van der Waals surface area contributed by atoms with Crippen molar-refractivity contribution in [2.45, 2.75) is 38.9 Å². The number of alkyl halides is 3. The molecule has 0 unspecified atom stereocenters. The third kappa shape index (κ3) is 3.90. The molecule has 1 aromatic heterocycles. The lowest BCUT2D eigenvalue weighted by molar-refractivity contribution is -0.137. The molecule has 1 amide bonds. The average Bonchev–Trinajstić information content (AvgIpc) is 3.13. The number of amides is 1. The van der Waals surface area contributed by atoms with Gasteiger partial charge in [0.05, 0.1) is 17.8 Å². The molecule has 1 aliphatic heterocycles. The Balaban J connectivity index is 1.68. The van der Waals surface area contributed by atoms with E-state index in [1.54, 1.807) is 0 Å². The summed E-state index contributed by atoms with van der Waals surface area (Å²) in [5.74, 6) is -0.324. The number of nitrogens with one attached hydrogen (secondary N) is 2. The Hall–Kier alpha value is -2.35. The van der Waals surface area contributed by atoms with Gasteiger partial charge in [-0.1, -0.05) is 6.07 Å². The van der Waals surface area contributed by atoms with Crippen LogP contribution < -0.4 is 5.32 Å². The summed E-state index contributed by atoms with van der Waals surface area (Å²) < 4.78 is 38.4. The van der Waals surface area contributed by atoms with E-state index >= 15 is 0 Å². The van der Waals surface area contributed by atoms with Crippen molar-refractivity contribution in [1.82, 2.24) is 15.1 Å². The number of H-pyrrole nitrogens is 1. The van der Waals surface area contributed by atoms with E-state index in [0.717, 1.165) is 48.5 Å². The lowest BCUT2D eigenvalue weighted by atomic mass is 10.0. The summed E-state index contributed by atoms with van der Waals surface area (Å²) in [6.45, 7) is 4.78. The zero-order valence-corrected chi connectivity index (χ0v) is 14.7. The minimum atomic E-state index is -4.43. The summed E-state index contributed by atoms with van der Waals surface area (Å²) in [7, 11) is 0. The number of carbonyl (C=O) groups is 1. The summed E-state index contributed by atoms with van der Waals surface area (Å²) in [6, 6.07) is 4.77. The highest BCUT2D eigenvalue weighted by atomic mass is 19.4. The van der Waals surface area contributed by atoms with Gasteiger partial charge in [-0.2, -0.15) is 18.3 Å². The predicted molar refractivity (Wildman–Crippen MR) is 91.7 cm³/mol. The van der Waals surface area contributed by atoms with E-state index < -0.39 is 11.7 Å². The van der Waals surface area contributed by atoms with E-state index in [1.807, 2.05) is 18.7 Å². The van der Waals surface area contributed by atoms with Crippen LogP contribution in [0, 0.1) is 13.8 Å². The number of hydrogen-bond acceptors (Lipinski definition) is 3. The van der Waals surface area contributed by atoms with Gasteiger partial charge in [-0.25, -0.2) is 0 Å². The van der Waals surface area contributed by atoms with Crippen LogP contribution in [-0.4, -0.2) is 34.1 Å². The molecule has 0 aliphatic carbocycles. The first-order valence-corrected chi connectivity index (χ1v) is 8.48. The first kappa shape index (κ1) is 18.4. The number of benzene rings is 1. The van der Waals surface area contributed by atoms with Crippen LogP contribution in [0.15, 0.2) is 24.3 Å². The SMILES string of the molecule is Cc1n[nH]c(C)c1[C@H]1CCCN1CC(=O)Nc1cccc(C(F)(F)F)c1. The van der Waals surface area contributed by atoms with Gasteiger partial charge < -0.3 is 5.32 Å². The summed E-state index contributed by atoms with van der Waals surface area (Å²) >= 11 is 0. The lowest BCUT2D eigenvalue weighted by Gasteiger charge is -2.24. The molecule has 8 heteroatoms. The van der Waals surface area contributed by atoms with E-state index in [4.69, 9.17) is 0 Å². The number of hydrogen-bond donors (Lipinski definition) is 2. The number of aromatic nitrogens is 2. The number of likely N-dealkylation sites (tertiary alicyclic amines) is 1. The molecule has 1 saturated heterocycles. The first-order chi connectivity index (χ1) is 12.3. The molecule has 5 nitrogen and oxygen atoms in total. The number of halogens is 3. The maximum atomic E-state index is 12.8. The van der Waals surface area contributed by atoms with Crippen molar-refractivity contribution >= 4 is 11.6 Å². The molecule has 3 rings (SSSR count). The van der Waals surface area contributed by atoms with Crippen molar-refractivity contribution in [1.29, 1.82) is 0 Å². The number of carbonyl (C=O) groups excluding carboxylic acids is 1. The lowest BCUT2D eigenvalue weighted by Crippen LogP contribution is -2.33. The summed E-state index contributed by atoms with van der Waals surface area (Å²) in [6.07, 6.45) is -2.54. The second-order valence-corrected chi connectivity index (χ2v) is 6.60. The molecule has 26 heavy (non-hydrogen) atoms. The molecule has 2 N–H and O–H groups in total. The van der Waals surface area contributed by atoms with Crippen molar-refractivity contribution in [3.05, 3.63) is 46.8 Å². The Kier molecular flexibility index (Phi) is 5.04. The number of anilines is 1. The van der Waals surface area contributed by atoms with Gasteiger partial charge in [0.2, 0.25) is 5.91 Å². The van der Waals surface area contributed by atoms with Crippen LogP contribution in [0.25, 0.3) is 0 Å². The van der Waals surface area contributed by atoms with E-state index in [2.05, 4.69) is 15.5 Å². The van der Waals surface area contributed by atoms with Gasteiger partial charge >= 0.3 is 6.18 Å². The molecule has 0 saturated carbocycles. The molecule has 2 aromatic rings. The van der Waals surface area contributed by atoms with E-state index in [-0.39, 0.29) is 24.2 Å². The highest BCUT2D eigenvalue weighted by Crippen LogP contribution is 2.34. The second kappa shape index (κ2) is 7.11. The Morgan fingerprint density at radius 3 is 2.81 bits per heavy atom. The van der Waals surface area contributed by atoms with Gasteiger partial charge in [0.1, 0.15) is 0 Å². The molecule has 1 aromatic carbocycles. The molecule has 1 atom stereocenters. The van der Waals surface area contributed by atoms with Crippen LogP contribution in [0.5, 0.6) is 0 Å². The monoisotopic (exact) mass is 366 g/mol. The normalized spacial score (nSPS) is 18.3. The Labute approximate surface area is 149 Å². The van der Waals surface area contributed by atoms with Gasteiger partial charge in [-0.3, -0.25) is 14.8 Å². The standard InChI is InChI=1S/C18H21F3N4O/c1-11-17(12(2)24-23-11)15-7-4-8-25(15)10-16(26)22-14-6-3-5-13(9-14)18(19,20)21/h3,5-6,9,15H,4,7-8,10H2,1-2H3,(H,22,26)(H,23,24)/t15-/m1/s1. The molecular weight excluding hydrogens is 345 g/mol. The minimum Gasteiger partial charge on any atom is -0.325 e. The maximum absolute atomic E-state index is 12.8. The molecule has 0 radical (unpaired) electrons. The van der Waals surface area contributed by atoms with Crippen molar-refractivity contribution in [2.24, 2.45) is 0 Å². The summed E-state index contributed by atoms with van der Waals surface area (Å²) in [5.41, 5.74) is 2.37. The van der Waals surface area contributed by atoms with Crippen LogP contribution in [-0.2, 0) is 11.0 Å². The highest BCUT2D eigenvalue weighted by Gasteiger charge is 2.32. The number of aryl methyl sites for hydroxylation is 2. The molecule has 140 valence electrons. The molecular formula is C18H21F3N4O. The number of aromatic amines is 1. The number of nitrogens with zero attached hydrogens (tertiary/aromatic N) is 2. The smallest absolute Gasteiger partial charge is 0.325 e. The van der Waals surface area contributed by atoms with Crippen molar-refractivity contribution in [3.63, 3.8) is 0 Å². The average molecular weight is 366 g/mol. The summed E-state index contributed by atoms with van der Waals surface area (Å²) in [5, 5.41) is 9.75. The van der Waals surface area contributed by atoms with Crippen molar-refractivity contribution < 1.29 is 18.0 Å². The van der Waals surface area contributed by atoms with E-state index in [0.29, 0.717) is 0 Å². The molecule has 2 heterocycles. The molecule has 1 fully saturated rings. The third-order valence-corrected chi connectivity index (χ3v) is 4.70. The predicted octanol–water partition coefficient (Wildman–Crippen LogP) is 3.82. The van der Waals surface area contributed by atoms with Crippen LogP contribution in [0.2, 0.25) is 0 Å². The zero-order valence-electron chi connectivity index (χ0n) is 14.7. The topological polar surface area (TPSA) is 61.0 Å². The van der Waals surface area contributed by atoms with E-state index in [9.17, 15) is 18.0 Å². The van der Waals surface area contributed by atoms with Crippen molar-refractivity contribution in [3.8, 4) is 0 Å². The fraction of sp³-hybridized carbons (Fsp3) is 0.444. The van der Waals surface area contributed by atoms with Crippen LogP contribution >= 0.6 is 0 Å². The third-order valence-electron chi connectivity index (χ3n) is 4.70. The Bertz CT molecular complexity index is 780. The Morgan fingerprint density at radius 2 is 2.15 bits per heavy atom. The fourth-order valence-electron chi connectivity index (χ4n) is 3.55. The second-order valence-electron chi connectivity index (χ2n) is 6.60. The van der Waals surface area contributed by atoms with Gasteiger partial charge in [0.15, 0.2) is 0 Å². The van der Waals surface area contributed by atoms with Crippen LogP contribution in [0.3, 0.4) is 0 Å². The molecule has 1 aliphatic rings. The fourth-order valence-corrected chi connectivity index (χ4v) is 3.55. The van der Waals surface area contributed by atoms with E-state index in [1.165, 1.54) is 12.1 Å². The Morgan fingerprint density at radius 1 is 1.38 bits per heavy atom. The summed E-state index contributed by atoms with van der Waals surface area (Å²) in [4.78, 5) is 14.4. The minimum absolute atomic E-state index is 0.0982. The van der Waals surface area contributed by atoms with Gasteiger partial charge in [-0.15, -0.1) is 0 Å². The highest BCUT2D eigenvalue weighted by molar-refractivity contribution is 5.92.